The van der Waals surface area contributed by atoms with Gasteiger partial charge in [0.1, 0.15) is 0 Å². The molecule has 2 heteroatoms. The Hall–Kier alpha value is -0.760. The lowest BCUT2D eigenvalue weighted by molar-refractivity contribution is 0.118. The van der Waals surface area contributed by atoms with Crippen molar-refractivity contribution >= 4 is 0 Å². The first kappa shape index (κ1) is 13.8. The molecule has 72 valence electrons. The maximum atomic E-state index is 4.59. The predicted molar refractivity (Wildman–Crippen MR) is 54.7 cm³/mol. The summed E-state index contributed by atoms with van der Waals surface area (Å²) in [6.07, 6.45) is 6.16. The summed E-state index contributed by atoms with van der Waals surface area (Å²) in [7, 11) is 1.57. The highest BCUT2D eigenvalue weighted by atomic mass is 16.6. The zero-order chi connectivity index (χ0) is 9.82. The Kier molecular flexibility index (Phi) is 14.8. The number of nitrogens with one attached hydrogen (secondary N) is 1. The number of hydrogen-bond donors (Lipinski definition) is 1. The van der Waals surface area contributed by atoms with Gasteiger partial charge in [-0.05, 0) is 13.0 Å². The third-order valence-corrected chi connectivity index (χ3v) is 1.13. The van der Waals surface area contributed by atoms with Crippen LogP contribution in [0.2, 0.25) is 0 Å². The zero-order valence-corrected chi connectivity index (χ0v) is 8.68. The summed E-state index contributed by atoms with van der Waals surface area (Å²) in [6, 6.07) is 0. The molecular formula is C10H21NO. The normalized spacial score (nSPS) is 9.83. The fraction of sp³-hybridized carbons (Fsp3) is 0.600. The average molecular weight is 171 g/mol. The second kappa shape index (κ2) is 12.9. The van der Waals surface area contributed by atoms with E-state index >= 15 is 0 Å². The maximum Gasteiger partial charge on any atom is 0.0636 e. The summed E-state index contributed by atoms with van der Waals surface area (Å²) in [5.41, 5.74) is 3.58. The molecule has 0 saturated carbocycles. The van der Waals surface area contributed by atoms with Crippen LogP contribution in [-0.4, -0.2) is 7.11 Å². The zero-order valence-electron chi connectivity index (χ0n) is 8.68. The van der Waals surface area contributed by atoms with Gasteiger partial charge in [-0.15, -0.1) is 0 Å². The highest BCUT2D eigenvalue weighted by molar-refractivity contribution is 5.04. The van der Waals surface area contributed by atoms with Crippen LogP contribution in [0.3, 0.4) is 0 Å². The van der Waals surface area contributed by atoms with Crippen LogP contribution < -0.4 is 5.48 Å². The first-order valence-corrected chi connectivity index (χ1v) is 4.31. The lowest BCUT2D eigenvalue weighted by atomic mass is 10.4. The molecule has 1 N–H and O–H groups in total. The van der Waals surface area contributed by atoms with Crippen LogP contribution in [0.15, 0.2) is 24.4 Å². The summed E-state index contributed by atoms with van der Waals surface area (Å²) < 4.78 is 0. The summed E-state index contributed by atoms with van der Waals surface area (Å²) >= 11 is 0. The van der Waals surface area contributed by atoms with Gasteiger partial charge in [-0.25, -0.2) is 0 Å². The Morgan fingerprint density at radius 2 is 1.92 bits per heavy atom. The van der Waals surface area contributed by atoms with E-state index in [9.17, 15) is 0 Å². The topological polar surface area (TPSA) is 21.3 Å². The van der Waals surface area contributed by atoms with Crippen molar-refractivity contribution in [3.05, 3.63) is 24.4 Å². The van der Waals surface area contributed by atoms with E-state index in [1.165, 1.54) is 12.8 Å². The van der Waals surface area contributed by atoms with Gasteiger partial charge < -0.3 is 0 Å². The molecule has 0 fully saturated rings. The molecule has 0 aromatic rings. The average Bonchev–Trinajstić information content (AvgIpc) is 2.06. The molecule has 0 heterocycles. The molecule has 0 amide bonds. The lowest BCUT2D eigenvalue weighted by Gasteiger charge is -1.98. The van der Waals surface area contributed by atoms with Crippen molar-refractivity contribution in [1.82, 2.24) is 5.48 Å². The highest BCUT2D eigenvalue weighted by Gasteiger charge is 1.77. The summed E-state index contributed by atoms with van der Waals surface area (Å²) in [5, 5.41) is 0. The largest absolute Gasteiger partial charge is 0.280 e. The number of allylic oxidation sites excluding steroid dienone is 3. The minimum atomic E-state index is 0.947. The van der Waals surface area contributed by atoms with Crippen molar-refractivity contribution in [2.24, 2.45) is 0 Å². The minimum Gasteiger partial charge on any atom is -0.280 e. The lowest BCUT2D eigenvalue weighted by Crippen LogP contribution is -2.07. The molecule has 0 saturated heterocycles. The van der Waals surface area contributed by atoms with Gasteiger partial charge in [0.05, 0.1) is 7.11 Å². The van der Waals surface area contributed by atoms with Crippen LogP contribution in [0.25, 0.3) is 0 Å². The molecule has 2 nitrogen and oxygen atoms in total. The molecule has 0 aromatic carbocycles. The van der Waals surface area contributed by atoms with Gasteiger partial charge in [0, 0.05) is 5.70 Å². The standard InChI is InChI=1S/C6H11NO.C4H10/c1-4-5-6(2)7-8-3;1-3-4-2/h4-5,7H,1H2,2-3H3;3-4H2,1-2H3/b6-5+;. The van der Waals surface area contributed by atoms with Gasteiger partial charge in [0.2, 0.25) is 0 Å². The van der Waals surface area contributed by atoms with Gasteiger partial charge in [0.25, 0.3) is 0 Å². The molecule has 0 bridgehead atoms. The molecule has 0 aliphatic carbocycles. The van der Waals surface area contributed by atoms with Crippen LogP contribution in [-0.2, 0) is 4.84 Å². The van der Waals surface area contributed by atoms with Gasteiger partial charge in [-0.3, -0.25) is 10.3 Å². The Morgan fingerprint density at radius 1 is 1.42 bits per heavy atom. The van der Waals surface area contributed by atoms with E-state index in [0.29, 0.717) is 0 Å². The van der Waals surface area contributed by atoms with Crippen LogP contribution in [0.1, 0.15) is 33.6 Å². The fourth-order valence-corrected chi connectivity index (χ4v) is 0.372. The smallest absolute Gasteiger partial charge is 0.0636 e. The Morgan fingerprint density at radius 3 is 2.17 bits per heavy atom. The Balaban J connectivity index is 0. The van der Waals surface area contributed by atoms with E-state index in [4.69, 9.17) is 0 Å². The van der Waals surface area contributed by atoms with Crippen molar-refractivity contribution in [1.29, 1.82) is 0 Å². The van der Waals surface area contributed by atoms with Gasteiger partial charge in [0.15, 0.2) is 0 Å². The van der Waals surface area contributed by atoms with E-state index < -0.39 is 0 Å². The molecule has 0 unspecified atom stereocenters. The van der Waals surface area contributed by atoms with Gasteiger partial charge >= 0.3 is 0 Å². The first-order chi connectivity index (χ1) is 5.72. The molecular weight excluding hydrogens is 150 g/mol. The van der Waals surface area contributed by atoms with Gasteiger partial charge in [-0.1, -0.05) is 39.3 Å². The van der Waals surface area contributed by atoms with Crippen molar-refractivity contribution < 1.29 is 4.84 Å². The molecule has 0 radical (unpaired) electrons. The number of hydroxylamine groups is 1. The Bertz CT molecular complexity index is 117. The summed E-state index contributed by atoms with van der Waals surface area (Å²) in [4.78, 5) is 4.59. The van der Waals surface area contributed by atoms with E-state index in [1.807, 2.05) is 13.0 Å². The van der Waals surface area contributed by atoms with E-state index in [1.54, 1.807) is 13.2 Å². The molecule has 0 aliphatic rings. The van der Waals surface area contributed by atoms with E-state index in [-0.39, 0.29) is 0 Å². The Labute approximate surface area is 76.3 Å². The molecule has 0 rings (SSSR count). The fourth-order valence-electron chi connectivity index (χ4n) is 0.372. The number of unbranched alkanes of at least 4 members (excludes halogenated alkanes) is 1. The predicted octanol–water partition coefficient (Wildman–Crippen LogP) is 3.03. The maximum absolute atomic E-state index is 4.59. The first-order valence-electron chi connectivity index (χ1n) is 4.31. The monoisotopic (exact) mass is 171 g/mol. The molecule has 0 atom stereocenters. The minimum absolute atomic E-state index is 0.947. The molecule has 0 aromatic heterocycles. The van der Waals surface area contributed by atoms with Crippen LogP contribution in [0, 0.1) is 0 Å². The van der Waals surface area contributed by atoms with Crippen molar-refractivity contribution in [3.63, 3.8) is 0 Å². The van der Waals surface area contributed by atoms with Gasteiger partial charge in [-0.2, -0.15) is 0 Å². The second-order valence-electron chi connectivity index (χ2n) is 2.39. The highest BCUT2D eigenvalue weighted by Crippen LogP contribution is 1.83. The van der Waals surface area contributed by atoms with Crippen LogP contribution in [0.5, 0.6) is 0 Å². The summed E-state index contributed by atoms with van der Waals surface area (Å²) in [6.45, 7) is 9.77. The molecule has 12 heavy (non-hydrogen) atoms. The van der Waals surface area contributed by atoms with Crippen molar-refractivity contribution in [3.8, 4) is 0 Å². The molecule has 0 aliphatic heterocycles. The van der Waals surface area contributed by atoms with Crippen LogP contribution >= 0.6 is 0 Å². The summed E-state index contributed by atoms with van der Waals surface area (Å²) in [5.74, 6) is 0. The number of rotatable bonds is 4. The third-order valence-electron chi connectivity index (χ3n) is 1.13. The van der Waals surface area contributed by atoms with Crippen molar-refractivity contribution in [2.45, 2.75) is 33.6 Å². The van der Waals surface area contributed by atoms with E-state index in [0.717, 1.165) is 5.70 Å². The molecule has 0 spiro atoms. The number of hydrogen-bond acceptors (Lipinski definition) is 2. The third kappa shape index (κ3) is 16.1. The second-order valence-corrected chi connectivity index (χ2v) is 2.39. The quantitative estimate of drug-likeness (QED) is 0.518. The van der Waals surface area contributed by atoms with Crippen molar-refractivity contribution in [2.75, 3.05) is 7.11 Å². The van der Waals surface area contributed by atoms with E-state index in [2.05, 4.69) is 30.7 Å². The van der Waals surface area contributed by atoms with Crippen LogP contribution in [0.4, 0.5) is 0 Å². The SMILES string of the molecule is C=C/C=C(\C)NOC.CCCC.